The van der Waals surface area contributed by atoms with Crippen molar-refractivity contribution in [2.75, 3.05) is 0 Å². The van der Waals surface area contributed by atoms with Gasteiger partial charge in [0, 0.05) is 10.6 Å². The van der Waals surface area contributed by atoms with Crippen LogP contribution in [0.25, 0.3) is 10.4 Å². The molecule has 1 aromatic heterocycles. The van der Waals surface area contributed by atoms with Crippen molar-refractivity contribution in [2.45, 2.75) is 13.1 Å². The van der Waals surface area contributed by atoms with Gasteiger partial charge in [-0.3, -0.25) is 0 Å². The van der Waals surface area contributed by atoms with Crippen LogP contribution in [0.1, 0.15) is 11.4 Å². The predicted octanol–water partition coefficient (Wildman–Crippen LogP) is 3.35. The van der Waals surface area contributed by atoms with Crippen molar-refractivity contribution in [3.05, 3.63) is 34.0 Å². The van der Waals surface area contributed by atoms with E-state index < -0.39 is 11.9 Å². The summed E-state index contributed by atoms with van der Waals surface area (Å²) in [5.41, 5.74) is 7.24. The molecular formula is C7H5F3N4. The lowest BCUT2D eigenvalue weighted by Gasteiger charge is -2.06. The number of aromatic nitrogens is 1. The molecule has 0 saturated carbocycles. The Balaban J connectivity index is 3.19. The molecule has 1 heterocycles. The highest BCUT2D eigenvalue weighted by Crippen LogP contribution is 2.29. The molecule has 0 aromatic carbocycles. The number of rotatable bonds is 1. The van der Waals surface area contributed by atoms with E-state index in [-0.39, 0.29) is 11.4 Å². The molecule has 0 N–H and O–H groups in total. The van der Waals surface area contributed by atoms with Crippen LogP contribution in [-0.4, -0.2) is 4.98 Å². The van der Waals surface area contributed by atoms with E-state index in [0.717, 1.165) is 12.1 Å². The van der Waals surface area contributed by atoms with E-state index in [9.17, 15) is 13.2 Å². The molecule has 0 amide bonds. The smallest absolute Gasteiger partial charge is 0.248 e. The van der Waals surface area contributed by atoms with Gasteiger partial charge in [-0.2, -0.15) is 13.2 Å². The van der Waals surface area contributed by atoms with Gasteiger partial charge in [0.2, 0.25) is 0 Å². The minimum atomic E-state index is -4.47. The Morgan fingerprint density at radius 1 is 1.43 bits per heavy atom. The lowest BCUT2D eigenvalue weighted by atomic mass is 10.2. The van der Waals surface area contributed by atoms with E-state index >= 15 is 0 Å². The maximum atomic E-state index is 12.1. The molecule has 0 spiro atoms. The average molecular weight is 202 g/mol. The summed E-state index contributed by atoms with van der Waals surface area (Å²) in [6.45, 7) is 1.35. The second kappa shape index (κ2) is 3.55. The largest absolute Gasteiger partial charge is 0.433 e. The van der Waals surface area contributed by atoms with Gasteiger partial charge in [-0.1, -0.05) is 5.11 Å². The monoisotopic (exact) mass is 202 g/mol. The quantitative estimate of drug-likeness (QED) is 0.391. The molecule has 4 nitrogen and oxygen atoms in total. The number of azide groups is 1. The standard InChI is InChI=1S/C7H5F3N4/c1-4-5(13-14-11)2-3-6(12-4)7(8,9)10/h2-3H,1H3. The molecule has 14 heavy (non-hydrogen) atoms. The Labute approximate surface area is 77.0 Å². The number of aryl methyl sites for hydroxylation is 1. The van der Waals surface area contributed by atoms with Crippen molar-refractivity contribution >= 4 is 5.69 Å². The van der Waals surface area contributed by atoms with Gasteiger partial charge in [0.15, 0.2) is 0 Å². The van der Waals surface area contributed by atoms with Crippen LogP contribution >= 0.6 is 0 Å². The lowest BCUT2D eigenvalue weighted by molar-refractivity contribution is -0.141. The number of hydrogen-bond donors (Lipinski definition) is 0. The molecule has 1 rings (SSSR count). The second-order valence-corrected chi connectivity index (χ2v) is 2.49. The highest BCUT2D eigenvalue weighted by atomic mass is 19.4. The maximum absolute atomic E-state index is 12.1. The zero-order chi connectivity index (χ0) is 10.8. The third-order valence-corrected chi connectivity index (χ3v) is 1.50. The van der Waals surface area contributed by atoms with Crippen molar-refractivity contribution < 1.29 is 13.2 Å². The van der Waals surface area contributed by atoms with Gasteiger partial charge in [0.1, 0.15) is 5.69 Å². The molecule has 0 unspecified atom stereocenters. The zero-order valence-electron chi connectivity index (χ0n) is 7.08. The van der Waals surface area contributed by atoms with Gasteiger partial charge in [-0.25, -0.2) is 4.98 Å². The van der Waals surface area contributed by atoms with E-state index in [4.69, 9.17) is 5.53 Å². The Hall–Kier alpha value is -1.75. The Bertz CT molecular complexity index is 392. The summed E-state index contributed by atoms with van der Waals surface area (Å²) in [7, 11) is 0. The molecular weight excluding hydrogens is 197 g/mol. The molecule has 1 aromatic rings. The summed E-state index contributed by atoms with van der Waals surface area (Å²) < 4.78 is 36.4. The number of pyridine rings is 1. The summed E-state index contributed by atoms with van der Waals surface area (Å²) in [6, 6.07) is 1.86. The van der Waals surface area contributed by atoms with Gasteiger partial charge in [0.05, 0.1) is 5.69 Å². The lowest BCUT2D eigenvalue weighted by Crippen LogP contribution is -2.08. The van der Waals surface area contributed by atoms with E-state index in [1.807, 2.05) is 0 Å². The Kier molecular flexibility index (Phi) is 2.62. The molecule has 7 heteroatoms. The first-order chi connectivity index (χ1) is 6.45. The van der Waals surface area contributed by atoms with Gasteiger partial charge >= 0.3 is 6.18 Å². The summed E-state index contributed by atoms with van der Waals surface area (Å²) in [6.07, 6.45) is -4.47. The van der Waals surface area contributed by atoms with Crippen molar-refractivity contribution in [3.8, 4) is 0 Å². The topological polar surface area (TPSA) is 61.7 Å². The first-order valence-corrected chi connectivity index (χ1v) is 3.55. The van der Waals surface area contributed by atoms with Gasteiger partial charge in [0.25, 0.3) is 0 Å². The van der Waals surface area contributed by atoms with E-state index in [1.165, 1.54) is 6.92 Å². The van der Waals surface area contributed by atoms with Crippen molar-refractivity contribution in [1.82, 2.24) is 4.98 Å². The SMILES string of the molecule is Cc1nc(C(F)(F)F)ccc1N=[N+]=[N-]. The summed E-state index contributed by atoms with van der Waals surface area (Å²) in [5, 5.41) is 3.18. The molecule has 0 aliphatic carbocycles. The third kappa shape index (κ3) is 2.14. The molecule has 74 valence electrons. The zero-order valence-corrected chi connectivity index (χ0v) is 7.08. The minimum absolute atomic E-state index is 0.0534. The average Bonchev–Trinajstić information content (AvgIpc) is 2.07. The van der Waals surface area contributed by atoms with Crippen molar-refractivity contribution in [3.63, 3.8) is 0 Å². The van der Waals surface area contributed by atoms with E-state index in [1.54, 1.807) is 0 Å². The van der Waals surface area contributed by atoms with Crippen LogP contribution in [-0.2, 0) is 6.18 Å². The van der Waals surface area contributed by atoms with Crippen molar-refractivity contribution in [1.29, 1.82) is 0 Å². The summed E-state index contributed by atoms with van der Waals surface area (Å²) >= 11 is 0. The second-order valence-electron chi connectivity index (χ2n) is 2.49. The number of alkyl halides is 3. The number of nitrogens with zero attached hydrogens (tertiary/aromatic N) is 4. The fourth-order valence-electron chi connectivity index (χ4n) is 0.865. The molecule has 0 radical (unpaired) electrons. The fourth-order valence-corrected chi connectivity index (χ4v) is 0.865. The maximum Gasteiger partial charge on any atom is 0.433 e. The molecule has 0 saturated heterocycles. The van der Waals surface area contributed by atoms with Crippen LogP contribution < -0.4 is 0 Å². The molecule has 0 fully saturated rings. The van der Waals surface area contributed by atoms with Crippen LogP contribution in [0.5, 0.6) is 0 Å². The van der Waals surface area contributed by atoms with Gasteiger partial charge < -0.3 is 0 Å². The van der Waals surface area contributed by atoms with Crippen LogP contribution in [0, 0.1) is 6.92 Å². The van der Waals surface area contributed by atoms with E-state index in [2.05, 4.69) is 15.0 Å². The van der Waals surface area contributed by atoms with Crippen LogP contribution in [0.3, 0.4) is 0 Å². The summed E-state index contributed by atoms with van der Waals surface area (Å²) in [4.78, 5) is 5.74. The Morgan fingerprint density at radius 3 is 2.50 bits per heavy atom. The first kappa shape index (κ1) is 10.3. The van der Waals surface area contributed by atoms with Crippen LogP contribution in [0.4, 0.5) is 18.9 Å². The fraction of sp³-hybridized carbons (Fsp3) is 0.286. The van der Waals surface area contributed by atoms with Crippen LogP contribution in [0.15, 0.2) is 17.2 Å². The number of hydrogen-bond acceptors (Lipinski definition) is 2. The first-order valence-electron chi connectivity index (χ1n) is 3.55. The Morgan fingerprint density at radius 2 is 2.07 bits per heavy atom. The molecule has 0 aliphatic heterocycles. The third-order valence-electron chi connectivity index (χ3n) is 1.50. The minimum Gasteiger partial charge on any atom is -0.248 e. The van der Waals surface area contributed by atoms with Crippen molar-refractivity contribution in [2.24, 2.45) is 5.11 Å². The normalized spacial score (nSPS) is 10.9. The van der Waals surface area contributed by atoms with Gasteiger partial charge in [-0.05, 0) is 24.6 Å². The molecule has 0 aliphatic rings. The molecule has 0 bridgehead atoms. The van der Waals surface area contributed by atoms with E-state index in [0.29, 0.717) is 0 Å². The van der Waals surface area contributed by atoms with Crippen LogP contribution in [0.2, 0.25) is 0 Å². The molecule has 0 atom stereocenters. The highest BCUT2D eigenvalue weighted by molar-refractivity contribution is 5.41. The number of halogens is 3. The predicted molar refractivity (Wildman–Crippen MR) is 42.8 cm³/mol. The van der Waals surface area contributed by atoms with Gasteiger partial charge in [-0.15, -0.1) is 0 Å². The highest BCUT2D eigenvalue weighted by Gasteiger charge is 2.32. The summed E-state index contributed by atoms with van der Waals surface area (Å²) in [5.74, 6) is 0.